The normalized spacial score (nSPS) is 15.4. The van der Waals surface area contributed by atoms with Gasteiger partial charge in [-0.2, -0.15) is 0 Å². The summed E-state index contributed by atoms with van der Waals surface area (Å²) in [6.07, 6.45) is 0.671. The number of methoxy groups -OCH3 is 1. The van der Waals surface area contributed by atoms with E-state index in [-0.39, 0.29) is 24.7 Å². The number of para-hydroxylation sites is 1. The van der Waals surface area contributed by atoms with Crippen molar-refractivity contribution in [2.45, 2.75) is 31.5 Å². The predicted molar refractivity (Wildman–Crippen MR) is 155 cm³/mol. The van der Waals surface area contributed by atoms with E-state index in [9.17, 15) is 9.59 Å². The van der Waals surface area contributed by atoms with Crippen molar-refractivity contribution >= 4 is 17.7 Å². The molecule has 1 aliphatic rings. The molecule has 0 spiro atoms. The van der Waals surface area contributed by atoms with Crippen LogP contribution >= 0.6 is 0 Å². The van der Waals surface area contributed by atoms with Crippen molar-refractivity contribution < 1.29 is 19.1 Å². The number of alkyl carbamates (subject to hydrolysis) is 1. The van der Waals surface area contributed by atoms with Crippen molar-refractivity contribution in [3.8, 4) is 11.8 Å². The van der Waals surface area contributed by atoms with Crippen LogP contribution in [0.5, 0.6) is 0 Å². The van der Waals surface area contributed by atoms with E-state index >= 15 is 0 Å². The van der Waals surface area contributed by atoms with Gasteiger partial charge in [0, 0.05) is 17.7 Å². The van der Waals surface area contributed by atoms with Gasteiger partial charge in [-0.1, -0.05) is 90.7 Å². The van der Waals surface area contributed by atoms with Gasteiger partial charge >= 0.3 is 12.1 Å². The van der Waals surface area contributed by atoms with Crippen molar-refractivity contribution in [2.24, 2.45) is 0 Å². The Morgan fingerprint density at radius 3 is 2.35 bits per heavy atom. The van der Waals surface area contributed by atoms with Gasteiger partial charge in [0.05, 0.1) is 24.8 Å². The van der Waals surface area contributed by atoms with Crippen LogP contribution in [0.1, 0.15) is 56.7 Å². The number of esters is 1. The number of amides is 1. The maximum absolute atomic E-state index is 12.9. The van der Waals surface area contributed by atoms with E-state index in [0.717, 1.165) is 33.5 Å². The van der Waals surface area contributed by atoms with Crippen molar-refractivity contribution in [3.63, 3.8) is 0 Å². The molecule has 6 nitrogen and oxygen atoms in total. The van der Waals surface area contributed by atoms with E-state index < -0.39 is 6.09 Å². The quantitative estimate of drug-likeness (QED) is 0.217. The Hall–Kier alpha value is -5.02. The molecule has 40 heavy (non-hydrogen) atoms. The minimum Gasteiger partial charge on any atom is -0.465 e. The van der Waals surface area contributed by atoms with Crippen LogP contribution in [0.3, 0.4) is 0 Å². The highest BCUT2D eigenvalue weighted by atomic mass is 16.5. The fourth-order valence-corrected chi connectivity index (χ4v) is 4.83. The second-order valence-electron chi connectivity index (χ2n) is 9.53. The van der Waals surface area contributed by atoms with Gasteiger partial charge < -0.3 is 20.1 Å². The van der Waals surface area contributed by atoms with Gasteiger partial charge in [0.2, 0.25) is 0 Å². The number of nitrogens with one attached hydrogen (secondary N) is 2. The van der Waals surface area contributed by atoms with Crippen LogP contribution in [-0.2, 0) is 22.5 Å². The van der Waals surface area contributed by atoms with Gasteiger partial charge in [-0.05, 0) is 52.9 Å². The Morgan fingerprint density at radius 2 is 1.62 bits per heavy atom. The zero-order chi connectivity index (χ0) is 27.7. The Morgan fingerprint density at radius 1 is 0.900 bits per heavy atom. The van der Waals surface area contributed by atoms with Crippen molar-refractivity contribution in [2.75, 3.05) is 12.4 Å². The molecule has 0 aliphatic carbocycles. The van der Waals surface area contributed by atoms with Crippen LogP contribution in [0, 0.1) is 11.8 Å². The molecule has 0 fully saturated rings. The van der Waals surface area contributed by atoms with Gasteiger partial charge in [-0.15, -0.1) is 0 Å². The van der Waals surface area contributed by atoms with Gasteiger partial charge in [0.1, 0.15) is 6.61 Å². The van der Waals surface area contributed by atoms with Gasteiger partial charge in [-0.25, -0.2) is 9.59 Å². The predicted octanol–water partition coefficient (Wildman–Crippen LogP) is 6.59. The number of rotatable bonds is 6. The van der Waals surface area contributed by atoms with Crippen LogP contribution in [0.4, 0.5) is 10.5 Å². The fourth-order valence-electron chi connectivity index (χ4n) is 4.83. The van der Waals surface area contributed by atoms with Crippen molar-refractivity contribution in [1.29, 1.82) is 0 Å². The summed E-state index contributed by atoms with van der Waals surface area (Å²) in [6, 6.07) is 32.5. The average Bonchev–Trinajstić information content (AvgIpc) is 3.01. The highest BCUT2D eigenvalue weighted by Crippen LogP contribution is 2.41. The second kappa shape index (κ2) is 12.7. The standard InChI is InChI=1S/C34H30N2O4/c1-39-33(37)28-20-18-26(19-21-28)30-22-31(36-34(38)40-23-25-12-6-3-7-13-25)29-17-9-16-27(32(29)35-30)15-8-14-24-10-4-2-5-11-24/h2-7,9-13,16-21,30-31,35H,15,22-23H2,1H3,(H,36,38)/t30-,31-/m0/s1. The highest BCUT2D eigenvalue weighted by Gasteiger charge is 2.30. The maximum Gasteiger partial charge on any atom is 0.407 e. The number of hydrogen-bond acceptors (Lipinski definition) is 5. The van der Waals surface area contributed by atoms with Crippen molar-refractivity contribution in [1.82, 2.24) is 5.32 Å². The molecule has 4 aromatic rings. The van der Waals surface area contributed by atoms with E-state index in [0.29, 0.717) is 18.4 Å². The third kappa shape index (κ3) is 6.51. The highest BCUT2D eigenvalue weighted by molar-refractivity contribution is 5.89. The lowest BCUT2D eigenvalue weighted by Crippen LogP contribution is -2.35. The summed E-state index contributed by atoms with van der Waals surface area (Å²) in [5.74, 6) is 6.14. The zero-order valence-electron chi connectivity index (χ0n) is 22.2. The third-order valence-corrected chi connectivity index (χ3v) is 6.87. The lowest BCUT2D eigenvalue weighted by molar-refractivity contribution is 0.0600. The molecular weight excluding hydrogens is 500 g/mol. The lowest BCUT2D eigenvalue weighted by atomic mass is 9.87. The summed E-state index contributed by atoms with van der Waals surface area (Å²) < 4.78 is 10.4. The molecule has 0 saturated carbocycles. The number of fused-ring (bicyclic) bond motifs is 1. The zero-order valence-corrected chi connectivity index (χ0v) is 22.2. The molecule has 0 unspecified atom stereocenters. The first kappa shape index (κ1) is 26.6. The SMILES string of the molecule is COC(=O)c1ccc([C@@H]2C[C@H](NC(=O)OCc3ccccc3)c3cccc(CC#Cc4ccccc4)c3N2)cc1. The number of anilines is 1. The summed E-state index contributed by atoms with van der Waals surface area (Å²) in [5.41, 5.74) is 6.34. The molecule has 1 heterocycles. The van der Waals surface area contributed by atoms with Crippen LogP contribution < -0.4 is 10.6 Å². The Kier molecular flexibility index (Phi) is 8.43. The number of carbonyl (C=O) groups excluding carboxylic acids is 2. The molecule has 0 aromatic heterocycles. The van der Waals surface area contributed by atoms with Crippen LogP contribution in [-0.4, -0.2) is 19.2 Å². The summed E-state index contributed by atoms with van der Waals surface area (Å²) in [5, 5.41) is 6.76. The van der Waals surface area contributed by atoms with Crippen molar-refractivity contribution in [3.05, 3.63) is 137 Å². The van der Waals surface area contributed by atoms with E-state index in [4.69, 9.17) is 9.47 Å². The van der Waals surface area contributed by atoms with Gasteiger partial charge in [-0.3, -0.25) is 0 Å². The summed E-state index contributed by atoms with van der Waals surface area (Å²) in [4.78, 5) is 24.8. The number of carbonyl (C=O) groups is 2. The monoisotopic (exact) mass is 530 g/mol. The van der Waals surface area contributed by atoms with Crippen LogP contribution in [0.2, 0.25) is 0 Å². The molecule has 0 radical (unpaired) electrons. The smallest absolute Gasteiger partial charge is 0.407 e. The number of ether oxygens (including phenoxy) is 2. The van der Waals surface area contributed by atoms with E-state index in [1.807, 2.05) is 84.9 Å². The molecule has 0 saturated heterocycles. The Balaban J connectivity index is 1.40. The Labute approximate surface area is 234 Å². The summed E-state index contributed by atoms with van der Waals surface area (Å²) >= 11 is 0. The molecule has 6 heteroatoms. The molecule has 2 N–H and O–H groups in total. The average molecular weight is 531 g/mol. The lowest BCUT2D eigenvalue weighted by Gasteiger charge is -2.35. The minimum atomic E-state index is -0.476. The van der Waals surface area contributed by atoms with Gasteiger partial charge in [0.25, 0.3) is 0 Å². The van der Waals surface area contributed by atoms with E-state index in [1.165, 1.54) is 7.11 Å². The second-order valence-corrected chi connectivity index (χ2v) is 9.53. The van der Waals surface area contributed by atoms with E-state index in [1.54, 1.807) is 12.1 Å². The first-order chi connectivity index (χ1) is 19.6. The third-order valence-electron chi connectivity index (χ3n) is 6.87. The first-order valence-electron chi connectivity index (χ1n) is 13.2. The molecule has 1 aliphatic heterocycles. The fraction of sp³-hybridized carbons (Fsp3) is 0.176. The Bertz CT molecular complexity index is 1520. The molecule has 5 rings (SSSR count). The molecule has 4 aromatic carbocycles. The topological polar surface area (TPSA) is 76.7 Å². The molecule has 2 atom stereocenters. The number of benzene rings is 4. The molecular formula is C34H30N2O4. The van der Waals surface area contributed by atoms with E-state index in [2.05, 4.69) is 28.5 Å². The van der Waals surface area contributed by atoms with Gasteiger partial charge in [0.15, 0.2) is 0 Å². The maximum atomic E-state index is 12.9. The first-order valence-corrected chi connectivity index (χ1v) is 13.2. The molecule has 0 bridgehead atoms. The van der Waals surface area contributed by atoms with Crippen LogP contribution in [0.25, 0.3) is 0 Å². The minimum absolute atomic E-state index is 0.109. The molecule has 1 amide bonds. The summed E-state index contributed by atoms with van der Waals surface area (Å²) in [6.45, 7) is 0.192. The largest absolute Gasteiger partial charge is 0.465 e. The molecule has 200 valence electrons. The van der Waals surface area contributed by atoms with Crippen LogP contribution in [0.15, 0.2) is 103 Å². The summed E-state index contributed by atoms with van der Waals surface area (Å²) in [7, 11) is 1.37. The number of hydrogen-bond donors (Lipinski definition) is 2.